The number of aromatic amines is 1. The SMILES string of the molecule is CCCCC1CCC(C(=O)c2c[nH]c3ncccc23)CC1. The van der Waals surface area contributed by atoms with Crippen LogP contribution in [-0.2, 0) is 0 Å². The Morgan fingerprint density at radius 3 is 2.90 bits per heavy atom. The zero-order chi connectivity index (χ0) is 14.7. The highest BCUT2D eigenvalue weighted by Gasteiger charge is 2.28. The van der Waals surface area contributed by atoms with Crippen molar-refractivity contribution in [1.29, 1.82) is 0 Å². The van der Waals surface area contributed by atoms with Gasteiger partial charge in [0, 0.05) is 29.3 Å². The smallest absolute Gasteiger partial charge is 0.168 e. The van der Waals surface area contributed by atoms with E-state index >= 15 is 0 Å². The molecule has 0 unspecified atom stereocenters. The van der Waals surface area contributed by atoms with Crippen molar-refractivity contribution in [3.05, 3.63) is 30.1 Å². The van der Waals surface area contributed by atoms with E-state index < -0.39 is 0 Å². The first-order chi connectivity index (χ1) is 10.3. The molecule has 0 aliphatic heterocycles. The van der Waals surface area contributed by atoms with Crippen LogP contribution in [-0.4, -0.2) is 15.8 Å². The third-order valence-electron chi connectivity index (χ3n) is 4.90. The molecule has 2 heterocycles. The first kappa shape index (κ1) is 14.3. The average Bonchev–Trinajstić information content (AvgIpc) is 2.97. The monoisotopic (exact) mass is 284 g/mol. The van der Waals surface area contributed by atoms with E-state index in [-0.39, 0.29) is 5.92 Å². The number of ketones is 1. The molecule has 2 aromatic heterocycles. The summed E-state index contributed by atoms with van der Waals surface area (Å²) in [5, 5.41) is 0.968. The lowest BCUT2D eigenvalue weighted by atomic mass is 9.77. The van der Waals surface area contributed by atoms with Crippen molar-refractivity contribution in [2.75, 3.05) is 0 Å². The van der Waals surface area contributed by atoms with Crippen LogP contribution in [0.1, 0.15) is 62.2 Å². The van der Waals surface area contributed by atoms with E-state index in [1.54, 1.807) is 6.20 Å². The summed E-state index contributed by atoms with van der Waals surface area (Å²) >= 11 is 0. The number of hydrogen-bond acceptors (Lipinski definition) is 2. The topological polar surface area (TPSA) is 45.8 Å². The highest BCUT2D eigenvalue weighted by atomic mass is 16.1. The van der Waals surface area contributed by atoms with E-state index in [2.05, 4.69) is 16.9 Å². The Labute approximate surface area is 126 Å². The van der Waals surface area contributed by atoms with Gasteiger partial charge in [-0.05, 0) is 43.7 Å². The molecule has 3 nitrogen and oxygen atoms in total. The van der Waals surface area contributed by atoms with Gasteiger partial charge in [0.05, 0.1) is 0 Å². The molecule has 2 aromatic rings. The van der Waals surface area contributed by atoms with Crippen molar-refractivity contribution in [2.45, 2.75) is 51.9 Å². The van der Waals surface area contributed by atoms with Crippen molar-refractivity contribution >= 4 is 16.8 Å². The number of nitrogens with one attached hydrogen (secondary N) is 1. The van der Waals surface area contributed by atoms with E-state index in [1.807, 2.05) is 18.3 Å². The fourth-order valence-corrected chi connectivity index (χ4v) is 3.59. The molecule has 3 heteroatoms. The fraction of sp³-hybridized carbons (Fsp3) is 0.556. The maximum Gasteiger partial charge on any atom is 0.168 e. The van der Waals surface area contributed by atoms with E-state index in [9.17, 15) is 4.79 Å². The Hall–Kier alpha value is -1.64. The molecule has 0 spiro atoms. The van der Waals surface area contributed by atoms with Crippen molar-refractivity contribution in [2.24, 2.45) is 11.8 Å². The van der Waals surface area contributed by atoms with Gasteiger partial charge in [-0.2, -0.15) is 0 Å². The number of rotatable bonds is 5. The molecule has 0 radical (unpaired) electrons. The number of aromatic nitrogens is 2. The summed E-state index contributed by atoms with van der Waals surface area (Å²) in [7, 11) is 0. The lowest BCUT2D eigenvalue weighted by Crippen LogP contribution is -2.22. The number of unbranched alkanes of at least 4 members (excludes halogenated alkanes) is 1. The first-order valence-electron chi connectivity index (χ1n) is 8.26. The van der Waals surface area contributed by atoms with Crippen molar-refractivity contribution in [3.63, 3.8) is 0 Å². The van der Waals surface area contributed by atoms with E-state index in [4.69, 9.17) is 0 Å². The van der Waals surface area contributed by atoms with E-state index in [1.165, 1.54) is 32.1 Å². The number of Topliss-reactive ketones (excluding diaryl/α,β-unsaturated/α-hetero) is 1. The van der Waals surface area contributed by atoms with Gasteiger partial charge in [-0.25, -0.2) is 4.98 Å². The van der Waals surface area contributed by atoms with Gasteiger partial charge in [0.15, 0.2) is 5.78 Å². The molecule has 112 valence electrons. The minimum absolute atomic E-state index is 0.210. The molecule has 1 saturated carbocycles. The van der Waals surface area contributed by atoms with Crippen LogP contribution in [0, 0.1) is 11.8 Å². The predicted molar refractivity (Wildman–Crippen MR) is 85.4 cm³/mol. The summed E-state index contributed by atoms with van der Waals surface area (Å²) in [6.07, 6.45) is 12.1. The quantitative estimate of drug-likeness (QED) is 0.806. The summed E-state index contributed by atoms with van der Waals surface area (Å²) in [6.45, 7) is 2.25. The molecule has 0 saturated heterocycles. The molecule has 0 bridgehead atoms. The van der Waals surface area contributed by atoms with Crippen LogP contribution in [0.3, 0.4) is 0 Å². The second-order valence-corrected chi connectivity index (χ2v) is 6.33. The molecule has 3 rings (SSSR count). The third-order valence-corrected chi connectivity index (χ3v) is 4.90. The summed E-state index contributed by atoms with van der Waals surface area (Å²) in [4.78, 5) is 20.1. The van der Waals surface area contributed by atoms with Crippen LogP contribution in [0.15, 0.2) is 24.5 Å². The Morgan fingerprint density at radius 2 is 2.14 bits per heavy atom. The predicted octanol–water partition coefficient (Wildman–Crippen LogP) is 4.74. The summed E-state index contributed by atoms with van der Waals surface area (Å²) in [6, 6.07) is 3.88. The molecular formula is C18H24N2O. The van der Waals surface area contributed by atoms with E-state index in [0.29, 0.717) is 5.78 Å². The number of pyridine rings is 1. The normalized spacial score (nSPS) is 22.5. The molecule has 1 aliphatic rings. The van der Waals surface area contributed by atoms with Crippen molar-refractivity contribution in [3.8, 4) is 0 Å². The molecule has 0 amide bonds. The molecule has 1 N–H and O–H groups in total. The van der Waals surface area contributed by atoms with Crippen LogP contribution in [0.4, 0.5) is 0 Å². The molecular weight excluding hydrogens is 260 g/mol. The summed E-state index contributed by atoms with van der Waals surface area (Å²) in [5.41, 5.74) is 1.65. The van der Waals surface area contributed by atoms with Gasteiger partial charge in [-0.15, -0.1) is 0 Å². The molecule has 1 fully saturated rings. The number of H-pyrrole nitrogens is 1. The second-order valence-electron chi connectivity index (χ2n) is 6.33. The summed E-state index contributed by atoms with van der Waals surface area (Å²) < 4.78 is 0. The summed E-state index contributed by atoms with van der Waals surface area (Å²) in [5.74, 6) is 1.36. The van der Waals surface area contributed by atoms with Gasteiger partial charge < -0.3 is 4.98 Å². The van der Waals surface area contributed by atoms with Gasteiger partial charge in [0.2, 0.25) is 0 Å². The Morgan fingerprint density at radius 1 is 1.33 bits per heavy atom. The minimum atomic E-state index is 0.210. The van der Waals surface area contributed by atoms with Crippen LogP contribution < -0.4 is 0 Å². The standard InChI is InChI=1S/C18H24N2O/c1-2-3-5-13-7-9-14(10-8-13)17(21)16-12-20-18-15(16)6-4-11-19-18/h4,6,11-14H,2-3,5,7-10H2,1H3,(H,19,20). The zero-order valence-corrected chi connectivity index (χ0v) is 12.8. The zero-order valence-electron chi connectivity index (χ0n) is 12.8. The van der Waals surface area contributed by atoms with Gasteiger partial charge in [-0.3, -0.25) is 4.79 Å². The van der Waals surface area contributed by atoms with Crippen molar-refractivity contribution < 1.29 is 4.79 Å². The van der Waals surface area contributed by atoms with Crippen LogP contribution >= 0.6 is 0 Å². The minimum Gasteiger partial charge on any atom is -0.345 e. The highest BCUT2D eigenvalue weighted by Crippen LogP contribution is 2.34. The van der Waals surface area contributed by atoms with Gasteiger partial charge in [0.1, 0.15) is 5.65 Å². The third kappa shape index (κ3) is 3.02. The number of hydrogen-bond donors (Lipinski definition) is 1. The number of carbonyl (C=O) groups is 1. The Balaban J connectivity index is 1.67. The average molecular weight is 284 g/mol. The lowest BCUT2D eigenvalue weighted by molar-refractivity contribution is 0.0871. The number of carbonyl (C=O) groups excluding carboxylic acids is 1. The van der Waals surface area contributed by atoms with Gasteiger partial charge >= 0.3 is 0 Å². The van der Waals surface area contributed by atoms with Crippen LogP contribution in [0.25, 0.3) is 11.0 Å². The fourth-order valence-electron chi connectivity index (χ4n) is 3.59. The number of nitrogens with zero attached hydrogens (tertiary/aromatic N) is 1. The maximum atomic E-state index is 12.7. The molecule has 0 aromatic carbocycles. The molecule has 21 heavy (non-hydrogen) atoms. The maximum absolute atomic E-state index is 12.7. The van der Waals surface area contributed by atoms with E-state index in [0.717, 1.165) is 35.4 Å². The molecule has 1 aliphatic carbocycles. The highest BCUT2D eigenvalue weighted by molar-refractivity contribution is 6.08. The largest absolute Gasteiger partial charge is 0.345 e. The second kappa shape index (κ2) is 6.42. The van der Waals surface area contributed by atoms with Crippen molar-refractivity contribution in [1.82, 2.24) is 9.97 Å². The van der Waals surface area contributed by atoms with Crippen LogP contribution in [0.5, 0.6) is 0 Å². The number of fused-ring (bicyclic) bond motifs is 1. The Bertz CT molecular complexity index is 608. The first-order valence-corrected chi connectivity index (χ1v) is 8.26. The van der Waals surface area contributed by atoms with Gasteiger partial charge in [0.25, 0.3) is 0 Å². The Kier molecular flexibility index (Phi) is 4.37. The van der Waals surface area contributed by atoms with Crippen LogP contribution in [0.2, 0.25) is 0 Å². The lowest BCUT2D eigenvalue weighted by Gasteiger charge is -2.27. The molecule has 0 atom stereocenters. The van der Waals surface area contributed by atoms with Gasteiger partial charge in [-0.1, -0.05) is 26.2 Å².